The second-order valence-corrected chi connectivity index (χ2v) is 6.35. The van der Waals surface area contributed by atoms with E-state index in [2.05, 4.69) is 17.4 Å². The lowest BCUT2D eigenvalue weighted by Crippen LogP contribution is -2.17. The minimum atomic E-state index is -0.387. The van der Waals surface area contributed by atoms with Gasteiger partial charge in [0.2, 0.25) is 0 Å². The van der Waals surface area contributed by atoms with Crippen molar-refractivity contribution in [1.29, 1.82) is 0 Å². The molecule has 1 aromatic heterocycles. The van der Waals surface area contributed by atoms with Gasteiger partial charge in [-0.2, -0.15) is 0 Å². The maximum atomic E-state index is 12.2. The molecule has 0 aliphatic heterocycles. The summed E-state index contributed by atoms with van der Waals surface area (Å²) in [5, 5.41) is 14.9. The molecule has 0 saturated heterocycles. The van der Waals surface area contributed by atoms with Crippen LogP contribution in [-0.4, -0.2) is 19.7 Å². The Morgan fingerprint density at radius 2 is 1.92 bits per heavy atom. The van der Waals surface area contributed by atoms with Crippen molar-refractivity contribution in [2.75, 3.05) is 24.2 Å². The molecule has 6 heteroatoms. The Morgan fingerprint density at radius 3 is 2.60 bits per heavy atom. The van der Waals surface area contributed by atoms with Crippen LogP contribution >= 0.6 is 0 Å². The van der Waals surface area contributed by atoms with Crippen LogP contribution in [0.5, 0.6) is 0 Å². The van der Waals surface area contributed by atoms with Gasteiger partial charge in [-0.1, -0.05) is 31.4 Å². The van der Waals surface area contributed by atoms with E-state index in [0.29, 0.717) is 16.7 Å². The minimum Gasteiger partial charge on any atom is -0.754 e. The van der Waals surface area contributed by atoms with E-state index in [1.54, 1.807) is 0 Å². The molecule has 0 spiro atoms. The summed E-state index contributed by atoms with van der Waals surface area (Å²) >= 11 is 0. The molecule has 0 bridgehead atoms. The average molecular weight is 343 g/mol. The lowest BCUT2D eigenvalue weighted by Gasteiger charge is -2.25. The number of ether oxygens (including phenoxy) is 1. The largest absolute Gasteiger partial charge is 0.754 e. The number of anilines is 2. The third-order valence-corrected chi connectivity index (χ3v) is 4.55. The highest BCUT2D eigenvalue weighted by Gasteiger charge is 2.16. The van der Waals surface area contributed by atoms with E-state index in [4.69, 9.17) is 9.15 Å². The number of carbonyl (C=O) groups excluding carboxylic acids is 1. The van der Waals surface area contributed by atoms with Gasteiger partial charge >= 0.3 is 0 Å². The van der Waals surface area contributed by atoms with Crippen molar-refractivity contribution in [2.24, 2.45) is 0 Å². The number of furan rings is 1. The van der Waals surface area contributed by atoms with E-state index >= 15 is 0 Å². The minimum absolute atomic E-state index is 0.0413. The third kappa shape index (κ3) is 4.41. The normalized spacial score (nSPS) is 15.1. The maximum absolute atomic E-state index is 12.2. The van der Waals surface area contributed by atoms with Gasteiger partial charge in [0.05, 0.1) is 0 Å². The van der Waals surface area contributed by atoms with Gasteiger partial charge in [-0.05, 0) is 42.5 Å². The molecular weight excluding hydrogens is 320 g/mol. The Bertz CT molecular complexity index is 690. The number of rotatable bonds is 6. The van der Waals surface area contributed by atoms with Crippen LogP contribution in [0.2, 0.25) is 0 Å². The molecule has 3 rings (SSSR count). The van der Waals surface area contributed by atoms with Gasteiger partial charge in [0.1, 0.15) is 6.73 Å². The van der Waals surface area contributed by atoms with Crippen molar-refractivity contribution < 1.29 is 13.9 Å². The first-order valence-electron chi connectivity index (χ1n) is 8.62. The standard InChI is InChI=1S/C19H23N2O4/c1-24-13-21(23)18-12-11-17(25-18)19(22)20-16-9-7-15(8-10-16)14-5-3-2-4-6-14/h7-12,14H,2-6,13H2,1H3,(H,20,22)/q-1. The van der Waals surface area contributed by atoms with Gasteiger partial charge in [0.25, 0.3) is 5.91 Å². The van der Waals surface area contributed by atoms with Crippen LogP contribution in [0.25, 0.3) is 0 Å². The Morgan fingerprint density at radius 1 is 1.20 bits per heavy atom. The van der Waals surface area contributed by atoms with Crippen LogP contribution in [0.4, 0.5) is 11.6 Å². The smallest absolute Gasteiger partial charge is 0.291 e. The molecular formula is C19H23N2O4-. The zero-order valence-electron chi connectivity index (χ0n) is 14.4. The molecule has 1 saturated carbocycles. The Balaban J connectivity index is 1.61. The summed E-state index contributed by atoms with van der Waals surface area (Å²) < 4.78 is 10.0. The molecule has 0 unspecified atom stereocenters. The summed E-state index contributed by atoms with van der Waals surface area (Å²) in [6, 6.07) is 10.9. The van der Waals surface area contributed by atoms with Crippen LogP contribution in [0.1, 0.15) is 54.1 Å². The summed E-state index contributed by atoms with van der Waals surface area (Å²) in [7, 11) is 1.42. The third-order valence-electron chi connectivity index (χ3n) is 4.55. The van der Waals surface area contributed by atoms with Gasteiger partial charge in [-0.25, -0.2) is 0 Å². The monoisotopic (exact) mass is 343 g/mol. The zero-order valence-corrected chi connectivity index (χ0v) is 14.4. The van der Waals surface area contributed by atoms with Crippen molar-refractivity contribution in [3.63, 3.8) is 0 Å². The number of hydrogen-bond acceptors (Lipinski definition) is 5. The highest BCUT2D eigenvalue weighted by atomic mass is 16.6. The molecule has 25 heavy (non-hydrogen) atoms. The first kappa shape index (κ1) is 17.5. The molecule has 6 nitrogen and oxygen atoms in total. The van der Waals surface area contributed by atoms with Crippen LogP contribution in [0.3, 0.4) is 0 Å². The highest BCUT2D eigenvalue weighted by Crippen LogP contribution is 2.33. The van der Waals surface area contributed by atoms with Crippen molar-refractivity contribution >= 4 is 17.5 Å². The summed E-state index contributed by atoms with van der Waals surface area (Å²) in [4.78, 5) is 12.2. The molecule has 1 fully saturated rings. The second-order valence-electron chi connectivity index (χ2n) is 6.35. The summed E-state index contributed by atoms with van der Waals surface area (Å²) in [6.07, 6.45) is 6.41. The quantitative estimate of drug-likeness (QED) is 0.618. The molecule has 2 aromatic rings. The summed E-state index contributed by atoms with van der Waals surface area (Å²) in [5.41, 5.74) is 2.04. The SMILES string of the molecule is COCN([O-])c1ccc(C(=O)Nc2ccc(C3CCCCC3)cc2)o1. The number of methoxy groups -OCH3 is 1. The molecule has 1 N–H and O–H groups in total. The van der Waals surface area contributed by atoms with Gasteiger partial charge in [-0.3, -0.25) is 4.79 Å². The fourth-order valence-electron chi connectivity index (χ4n) is 3.23. The Labute approximate surface area is 147 Å². The predicted octanol–water partition coefficient (Wildman–Crippen LogP) is 4.49. The molecule has 1 amide bonds. The number of nitrogens with zero attached hydrogens (tertiary/aromatic N) is 1. The average Bonchev–Trinajstić information content (AvgIpc) is 3.14. The van der Waals surface area contributed by atoms with E-state index in [0.717, 1.165) is 0 Å². The van der Waals surface area contributed by atoms with Crippen LogP contribution in [-0.2, 0) is 4.74 Å². The topological polar surface area (TPSA) is 77.8 Å². The molecule has 134 valence electrons. The van der Waals surface area contributed by atoms with Gasteiger partial charge in [0, 0.05) is 18.9 Å². The molecule has 1 aliphatic rings. The first-order valence-corrected chi connectivity index (χ1v) is 8.62. The summed E-state index contributed by atoms with van der Waals surface area (Å²) in [5.74, 6) is 0.375. The van der Waals surface area contributed by atoms with Crippen LogP contribution in [0, 0.1) is 5.21 Å². The van der Waals surface area contributed by atoms with Crippen LogP contribution < -0.4 is 10.4 Å². The zero-order chi connectivity index (χ0) is 17.6. The maximum Gasteiger partial charge on any atom is 0.291 e. The predicted molar refractivity (Wildman–Crippen MR) is 96.7 cm³/mol. The van der Waals surface area contributed by atoms with Crippen LogP contribution in [0.15, 0.2) is 40.8 Å². The lowest BCUT2D eigenvalue weighted by molar-refractivity contribution is 0.0996. The highest BCUT2D eigenvalue weighted by molar-refractivity contribution is 6.02. The van der Waals surface area contributed by atoms with Crippen molar-refractivity contribution in [3.05, 3.63) is 52.9 Å². The van der Waals surface area contributed by atoms with E-state index in [9.17, 15) is 10.0 Å². The number of carbonyl (C=O) groups is 1. The molecule has 1 aliphatic carbocycles. The number of amides is 1. The molecule has 0 atom stereocenters. The van der Waals surface area contributed by atoms with Crippen molar-refractivity contribution in [3.8, 4) is 0 Å². The van der Waals surface area contributed by atoms with Crippen molar-refractivity contribution in [1.82, 2.24) is 0 Å². The van der Waals surface area contributed by atoms with Crippen molar-refractivity contribution in [2.45, 2.75) is 38.0 Å². The number of hydrogen-bond donors (Lipinski definition) is 1. The fraction of sp³-hybridized carbons (Fsp3) is 0.421. The lowest BCUT2D eigenvalue weighted by atomic mass is 9.84. The van der Waals surface area contributed by atoms with E-state index in [1.165, 1.54) is 56.9 Å². The number of hydroxylamine groups is 1. The van der Waals surface area contributed by atoms with Gasteiger partial charge < -0.3 is 24.7 Å². The first-order chi connectivity index (χ1) is 12.2. The van der Waals surface area contributed by atoms with E-state index < -0.39 is 0 Å². The van der Waals surface area contributed by atoms with Gasteiger partial charge in [-0.15, -0.1) is 0 Å². The summed E-state index contributed by atoms with van der Waals surface area (Å²) in [6.45, 7) is -0.156. The van der Waals surface area contributed by atoms with Gasteiger partial charge in [0.15, 0.2) is 11.6 Å². The van der Waals surface area contributed by atoms with E-state index in [-0.39, 0.29) is 24.3 Å². The molecule has 1 heterocycles. The molecule has 1 aromatic carbocycles. The van der Waals surface area contributed by atoms with E-state index in [1.807, 2.05) is 12.1 Å². The number of nitrogens with one attached hydrogen (secondary N) is 1. The Hall–Kier alpha value is -2.31. The molecule has 0 radical (unpaired) electrons. The fourth-order valence-corrected chi connectivity index (χ4v) is 3.23. The second kappa shape index (κ2) is 8.18. The number of benzene rings is 1. The Kier molecular flexibility index (Phi) is 5.73.